The highest BCUT2D eigenvalue weighted by Gasteiger charge is 2.18. The lowest BCUT2D eigenvalue weighted by molar-refractivity contribution is 0.291. The monoisotopic (exact) mass is 252 g/mol. The molecule has 94 valence electrons. The van der Waals surface area contributed by atoms with Gasteiger partial charge in [-0.15, -0.1) is 0 Å². The van der Waals surface area contributed by atoms with Crippen molar-refractivity contribution in [2.24, 2.45) is 0 Å². The molecule has 0 radical (unpaired) electrons. The molecule has 19 heavy (non-hydrogen) atoms. The zero-order valence-corrected chi connectivity index (χ0v) is 10.3. The number of benzene rings is 2. The van der Waals surface area contributed by atoms with Gasteiger partial charge in [-0.1, -0.05) is 30.3 Å². The van der Waals surface area contributed by atoms with E-state index in [4.69, 9.17) is 9.15 Å². The van der Waals surface area contributed by atoms with Crippen LogP contribution in [0.5, 0.6) is 5.75 Å². The van der Waals surface area contributed by atoms with Crippen molar-refractivity contribution < 1.29 is 9.15 Å². The van der Waals surface area contributed by atoms with Gasteiger partial charge in [0.15, 0.2) is 0 Å². The zero-order chi connectivity index (χ0) is 12.8. The molecule has 4 rings (SSSR count). The number of para-hydroxylation sites is 1. The Balaban J connectivity index is 2.24. The van der Waals surface area contributed by atoms with E-state index in [1.807, 2.05) is 30.3 Å². The van der Waals surface area contributed by atoms with Crippen LogP contribution in [0.1, 0.15) is 12.0 Å². The van der Waals surface area contributed by atoms with Crippen LogP contribution in [0.3, 0.4) is 0 Å². The maximum absolute atomic E-state index is 12.2. The average molecular weight is 252 g/mol. The van der Waals surface area contributed by atoms with E-state index in [2.05, 4.69) is 6.07 Å². The molecule has 1 aromatic heterocycles. The third-order valence-electron chi connectivity index (χ3n) is 3.66. The molecule has 0 saturated heterocycles. The molecule has 0 spiro atoms. The van der Waals surface area contributed by atoms with E-state index >= 15 is 0 Å². The van der Waals surface area contributed by atoms with Crippen LogP contribution in [0.25, 0.3) is 21.7 Å². The maximum atomic E-state index is 12.2. The molecule has 0 saturated carbocycles. The molecule has 0 N–H and O–H groups in total. The van der Waals surface area contributed by atoms with Crippen molar-refractivity contribution in [1.29, 1.82) is 0 Å². The summed E-state index contributed by atoms with van der Waals surface area (Å²) in [6, 6.07) is 11.7. The maximum Gasteiger partial charge on any atom is 0.347 e. The van der Waals surface area contributed by atoms with E-state index in [1.54, 1.807) is 0 Å². The molecule has 1 aliphatic rings. The van der Waals surface area contributed by atoms with Gasteiger partial charge < -0.3 is 9.15 Å². The summed E-state index contributed by atoms with van der Waals surface area (Å²) in [4.78, 5) is 12.2. The summed E-state index contributed by atoms with van der Waals surface area (Å²) in [5.74, 6) is 0.711. The van der Waals surface area contributed by atoms with Crippen molar-refractivity contribution in [2.75, 3.05) is 6.61 Å². The molecule has 0 amide bonds. The molecule has 1 aliphatic heterocycles. The minimum Gasteiger partial charge on any atom is -0.492 e. The fraction of sp³-hybridized carbons (Fsp3) is 0.188. The third kappa shape index (κ3) is 1.48. The van der Waals surface area contributed by atoms with E-state index in [1.165, 1.54) is 0 Å². The van der Waals surface area contributed by atoms with Crippen molar-refractivity contribution in [3.05, 3.63) is 52.4 Å². The Labute approximate surface area is 109 Å². The van der Waals surface area contributed by atoms with Gasteiger partial charge in [-0.25, -0.2) is 4.79 Å². The van der Waals surface area contributed by atoms with Gasteiger partial charge in [0.1, 0.15) is 16.7 Å². The number of fused-ring (bicyclic) bond motifs is 5. The second-order valence-electron chi connectivity index (χ2n) is 4.81. The van der Waals surface area contributed by atoms with Crippen LogP contribution in [0.4, 0.5) is 0 Å². The van der Waals surface area contributed by atoms with Gasteiger partial charge in [0.05, 0.1) is 6.61 Å². The second kappa shape index (κ2) is 3.85. The van der Waals surface area contributed by atoms with Gasteiger partial charge in [0.25, 0.3) is 0 Å². The fourth-order valence-corrected chi connectivity index (χ4v) is 2.78. The van der Waals surface area contributed by atoms with E-state index < -0.39 is 0 Å². The lowest BCUT2D eigenvalue weighted by atomic mass is 9.99. The number of ether oxygens (including phenoxy) is 1. The molecule has 2 aromatic carbocycles. The molecule has 3 nitrogen and oxygen atoms in total. The number of hydrogen-bond acceptors (Lipinski definition) is 3. The molecule has 3 aromatic rings. The zero-order valence-electron chi connectivity index (χ0n) is 10.3. The summed E-state index contributed by atoms with van der Waals surface area (Å²) >= 11 is 0. The van der Waals surface area contributed by atoms with Crippen molar-refractivity contribution in [1.82, 2.24) is 0 Å². The summed E-state index contributed by atoms with van der Waals surface area (Å²) in [5, 5.41) is 2.44. The Hall–Kier alpha value is -2.29. The van der Waals surface area contributed by atoms with E-state index in [9.17, 15) is 4.79 Å². The lowest BCUT2D eigenvalue weighted by Gasteiger charge is -2.18. The normalized spacial score (nSPS) is 14.3. The van der Waals surface area contributed by atoms with Crippen LogP contribution in [-0.2, 0) is 6.42 Å². The molecule has 0 fully saturated rings. The average Bonchev–Trinajstić information content (AvgIpc) is 2.46. The van der Waals surface area contributed by atoms with Crippen LogP contribution >= 0.6 is 0 Å². The Kier molecular flexibility index (Phi) is 2.15. The van der Waals surface area contributed by atoms with E-state index in [0.717, 1.165) is 29.2 Å². The molecular formula is C16H12O3. The first-order chi connectivity index (χ1) is 9.34. The quantitative estimate of drug-likeness (QED) is 0.455. The lowest BCUT2D eigenvalue weighted by Crippen LogP contribution is -2.12. The van der Waals surface area contributed by atoms with Crippen LogP contribution in [-0.4, -0.2) is 6.61 Å². The van der Waals surface area contributed by atoms with Crippen LogP contribution in [0.2, 0.25) is 0 Å². The number of rotatable bonds is 0. The summed E-state index contributed by atoms with van der Waals surface area (Å²) in [6.45, 7) is 0.665. The van der Waals surface area contributed by atoms with Crippen LogP contribution in [0.15, 0.2) is 45.6 Å². The van der Waals surface area contributed by atoms with Gasteiger partial charge in [-0.3, -0.25) is 0 Å². The molecule has 0 atom stereocenters. The summed E-state index contributed by atoms with van der Waals surface area (Å²) in [6.07, 6.45) is 1.95. The first-order valence-corrected chi connectivity index (χ1v) is 6.45. The minimum atomic E-state index is -0.313. The highest BCUT2D eigenvalue weighted by molar-refractivity contribution is 6.06. The topological polar surface area (TPSA) is 39.4 Å². The van der Waals surface area contributed by atoms with Crippen molar-refractivity contribution >= 4 is 21.7 Å². The number of hydrogen-bond donors (Lipinski definition) is 0. The minimum absolute atomic E-state index is 0.313. The van der Waals surface area contributed by atoms with Gasteiger partial charge in [0, 0.05) is 10.8 Å². The van der Waals surface area contributed by atoms with E-state index in [-0.39, 0.29) is 5.63 Å². The predicted octanol–water partition coefficient (Wildman–Crippen LogP) is 3.27. The fourth-order valence-electron chi connectivity index (χ4n) is 2.78. The predicted molar refractivity (Wildman–Crippen MR) is 73.8 cm³/mol. The second-order valence-corrected chi connectivity index (χ2v) is 4.81. The van der Waals surface area contributed by atoms with Crippen molar-refractivity contribution in [3.8, 4) is 5.75 Å². The Morgan fingerprint density at radius 1 is 1.00 bits per heavy atom. The van der Waals surface area contributed by atoms with Crippen molar-refractivity contribution in [2.45, 2.75) is 12.8 Å². The molecule has 3 heteroatoms. The summed E-state index contributed by atoms with van der Waals surface area (Å²) in [5.41, 5.74) is 1.41. The van der Waals surface area contributed by atoms with Crippen LogP contribution in [0, 0.1) is 0 Å². The first-order valence-electron chi connectivity index (χ1n) is 6.45. The van der Waals surface area contributed by atoms with Crippen LogP contribution < -0.4 is 10.4 Å². The third-order valence-corrected chi connectivity index (χ3v) is 3.66. The first kappa shape index (κ1) is 10.6. The molecular weight excluding hydrogens is 240 g/mol. The highest BCUT2D eigenvalue weighted by atomic mass is 16.5. The molecule has 0 bridgehead atoms. The largest absolute Gasteiger partial charge is 0.492 e. The number of aryl methyl sites for hydroxylation is 1. The smallest absolute Gasteiger partial charge is 0.347 e. The van der Waals surface area contributed by atoms with Gasteiger partial charge in [-0.05, 0) is 24.5 Å². The molecule has 0 aliphatic carbocycles. The van der Waals surface area contributed by atoms with Crippen molar-refractivity contribution in [3.63, 3.8) is 0 Å². The highest BCUT2D eigenvalue weighted by Crippen LogP contribution is 2.34. The summed E-state index contributed by atoms with van der Waals surface area (Å²) < 4.78 is 11.1. The SMILES string of the molecule is O=c1oc2ccccc2c2ccc3c(c12)OCCC3. The van der Waals surface area contributed by atoms with E-state index in [0.29, 0.717) is 23.3 Å². The molecule has 2 heterocycles. The van der Waals surface area contributed by atoms with Gasteiger partial charge >= 0.3 is 5.63 Å². The van der Waals surface area contributed by atoms with Gasteiger partial charge in [0.2, 0.25) is 0 Å². The Morgan fingerprint density at radius 3 is 2.84 bits per heavy atom. The Bertz CT molecular complexity index is 846. The molecule has 0 unspecified atom stereocenters. The summed E-state index contributed by atoms with van der Waals surface area (Å²) in [7, 11) is 0. The standard InChI is InChI=1S/C16H12O3/c17-16-14-12(11-5-1-2-6-13(11)19-16)8-7-10-4-3-9-18-15(10)14/h1-2,5-8H,3-4,9H2. The van der Waals surface area contributed by atoms with Gasteiger partial charge in [-0.2, -0.15) is 0 Å². The Morgan fingerprint density at radius 2 is 1.89 bits per heavy atom.